The summed E-state index contributed by atoms with van der Waals surface area (Å²) in [5, 5.41) is 10.7. The molecular formula is C11H18N6O. The number of aromatic nitrogens is 4. The topological polar surface area (TPSA) is 102 Å². The van der Waals surface area contributed by atoms with Crippen LogP contribution in [0.3, 0.4) is 0 Å². The van der Waals surface area contributed by atoms with E-state index in [4.69, 9.17) is 10.5 Å². The third-order valence-electron chi connectivity index (χ3n) is 2.32. The number of hydrogen-bond acceptors (Lipinski definition) is 6. The quantitative estimate of drug-likeness (QED) is 0.661. The highest BCUT2D eigenvalue weighted by atomic mass is 16.5. The van der Waals surface area contributed by atoms with Gasteiger partial charge in [-0.2, -0.15) is 15.1 Å². The molecule has 7 heteroatoms. The van der Waals surface area contributed by atoms with Crippen LogP contribution in [-0.2, 0) is 4.74 Å². The van der Waals surface area contributed by atoms with Gasteiger partial charge in [-0.15, -0.1) is 0 Å². The number of nitrogens with two attached hydrogens (primary N) is 1. The Balaban J connectivity index is 1.93. The summed E-state index contributed by atoms with van der Waals surface area (Å²) >= 11 is 0. The van der Waals surface area contributed by atoms with Crippen LogP contribution in [0.2, 0.25) is 0 Å². The number of aromatic amines is 1. The number of hydrogen-bond donors (Lipinski definition) is 3. The summed E-state index contributed by atoms with van der Waals surface area (Å²) in [7, 11) is 0. The van der Waals surface area contributed by atoms with E-state index in [9.17, 15) is 0 Å². The standard InChI is InChI=1S/C11H18N6O/c1-7(2)6-18-4-3-13-9-8-5-14-17-10(8)16-11(12)15-9/h5,7H,3-4,6H2,1-2H3,(H4,12,13,14,15,16,17). The molecule has 4 N–H and O–H groups in total. The zero-order chi connectivity index (χ0) is 13.0. The summed E-state index contributed by atoms with van der Waals surface area (Å²) < 4.78 is 5.48. The normalized spacial score (nSPS) is 11.3. The lowest BCUT2D eigenvalue weighted by Gasteiger charge is -2.09. The Morgan fingerprint density at radius 3 is 3.06 bits per heavy atom. The molecule has 98 valence electrons. The Hall–Kier alpha value is -1.89. The highest BCUT2D eigenvalue weighted by Crippen LogP contribution is 2.18. The monoisotopic (exact) mass is 250 g/mol. The maximum Gasteiger partial charge on any atom is 0.224 e. The van der Waals surface area contributed by atoms with E-state index >= 15 is 0 Å². The van der Waals surface area contributed by atoms with Crippen LogP contribution in [-0.4, -0.2) is 39.9 Å². The van der Waals surface area contributed by atoms with E-state index in [2.05, 4.69) is 39.3 Å². The van der Waals surface area contributed by atoms with E-state index in [0.29, 0.717) is 30.5 Å². The minimum Gasteiger partial charge on any atom is -0.379 e. The van der Waals surface area contributed by atoms with Crippen molar-refractivity contribution in [1.82, 2.24) is 20.2 Å². The van der Waals surface area contributed by atoms with Crippen molar-refractivity contribution in [2.24, 2.45) is 5.92 Å². The zero-order valence-electron chi connectivity index (χ0n) is 10.6. The summed E-state index contributed by atoms with van der Waals surface area (Å²) in [6.45, 7) is 6.29. The fraction of sp³-hybridized carbons (Fsp3) is 0.545. The molecule has 0 saturated heterocycles. The van der Waals surface area contributed by atoms with Crippen LogP contribution in [0.15, 0.2) is 6.20 Å². The fourth-order valence-electron chi connectivity index (χ4n) is 1.55. The number of nitrogens with zero attached hydrogens (tertiary/aromatic N) is 3. The minimum absolute atomic E-state index is 0.220. The summed E-state index contributed by atoms with van der Waals surface area (Å²) in [5.41, 5.74) is 6.25. The predicted molar refractivity (Wildman–Crippen MR) is 70.2 cm³/mol. The molecule has 0 saturated carbocycles. The van der Waals surface area contributed by atoms with Gasteiger partial charge in [0, 0.05) is 13.2 Å². The van der Waals surface area contributed by atoms with Gasteiger partial charge in [-0.05, 0) is 5.92 Å². The molecular weight excluding hydrogens is 232 g/mol. The molecule has 0 spiro atoms. The van der Waals surface area contributed by atoms with Crippen molar-refractivity contribution in [3.8, 4) is 0 Å². The Bertz CT molecular complexity index is 509. The second-order valence-electron chi connectivity index (χ2n) is 4.46. The molecule has 0 fully saturated rings. The lowest BCUT2D eigenvalue weighted by molar-refractivity contribution is 0.118. The van der Waals surface area contributed by atoms with Gasteiger partial charge in [0.1, 0.15) is 5.82 Å². The van der Waals surface area contributed by atoms with Crippen LogP contribution in [0.5, 0.6) is 0 Å². The van der Waals surface area contributed by atoms with E-state index in [-0.39, 0.29) is 5.95 Å². The van der Waals surface area contributed by atoms with Crippen LogP contribution < -0.4 is 11.1 Å². The molecule has 0 aliphatic heterocycles. The van der Waals surface area contributed by atoms with Crippen molar-refractivity contribution in [3.63, 3.8) is 0 Å². The van der Waals surface area contributed by atoms with Gasteiger partial charge < -0.3 is 15.8 Å². The second-order valence-corrected chi connectivity index (χ2v) is 4.46. The van der Waals surface area contributed by atoms with Gasteiger partial charge in [-0.25, -0.2) is 0 Å². The maximum absolute atomic E-state index is 5.61. The summed E-state index contributed by atoms with van der Waals surface area (Å²) in [6.07, 6.45) is 1.67. The molecule has 2 aromatic rings. The lowest BCUT2D eigenvalue weighted by Crippen LogP contribution is -2.13. The van der Waals surface area contributed by atoms with Crippen LogP contribution in [0.1, 0.15) is 13.8 Å². The zero-order valence-corrected chi connectivity index (χ0v) is 10.6. The van der Waals surface area contributed by atoms with E-state index < -0.39 is 0 Å². The molecule has 0 aliphatic rings. The van der Waals surface area contributed by atoms with Crippen LogP contribution in [0.25, 0.3) is 11.0 Å². The Morgan fingerprint density at radius 1 is 1.44 bits per heavy atom. The minimum atomic E-state index is 0.220. The van der Waals surface area contributed by atoms with Gasteiger partial charge in [-0.1, -0.05) is 13.8 Å². The lowest BCUT2D eigenvalue weighted by atomic mass is 10.2. The first-order valence-electron chi connectivity index (χ1n) is 5.95. The molecule has 18 heavy (non-hydrogen) atoms. The first-order chi connectivity index (χ1) is 8.66. The Labute approximate surface area is 105 Å². The van der Waals surface area contributed by atoms with Crippen molar-refractivity contribution < 1.29 is 4.74 Å². The van der Waals surface area contributed by atoms with Gasteiger partial charge in [-0.3, -0.25) is 5.10 Å². The Kier molecular flexibility index (Phi) is 3.93. The molecule has 2 rings (SSSR count). The average Bonchev–Trinajstić information content (AvgIpc) is 2.75. The Morgan fingerprint density at radius 2 is 2.28 bits per heavy atom. The highest BCUT2D eigenvalue weighted by Gasteiger charge is 2.07. The average molecular weight is 250 g/mol. The molecule has 7 nitrogen and oxygen atoms in total. The van der Waals surface area contributed by atoms with Gasteiger partial charge in [0.15, 0.2) is 5.65 Å². The van der Waals surface area contributed by atoms with Crippen molar-refractivity contribution in [3.05, 3.63) is 6.20 Å². The number of fused-ring (bicyclic) bond motifs is 1. The maximum atomic E-state index is 5.61. The summed E-state index contributed by atoms with van der Waals surface area (Å²) in [6, 6.07) is 0. The van der Waals surface area contributed by atoms with Crippen LogP contribution in [0.4, 0.5) is 11.8 Å². The van der Waals surface area contributed by atoms with Crippen molar-refractivity contribution in [2.45, 2.75) is 13.8 Å². The van der Waals surface area contributed by atoms with E-state index in [1.807, 2.05) is 0 Å². The van der Waals surface area contributed by atoms with Crippen LogP contribution >= 0.6 is 0 Å². The van der Waals surface area contributed by atoms with E-state index in [0.717, 1.165) is 12.0 Å². The van der Waals surface area contributed by atoms with Gasteiger partial charge >= 0.3 is 0 Å². The third kappa shape index (κ3) is 3.07. The molecule has 0 atom stereocenters. The molecule has 2 heterocycles. The molecule has 0 aliphatic carbocycles. The summed E-state index contributed by atoms with van der Waals surface area (Å²) in [4.78, 5) is 8.19. The highest BCUT2D eigenvalue weighted by molar-refractivity contribution is 5.86. The smallest absolute Gasteiger partial charge is 0.224 e. The number of anilines is 2. The first kappa shape index (κ1) is 12.6. The summed E-state index contributed by atoms with van der Waals surface area (Å²) in [5.74, 6) is 1.44. The van der Waals surface area contributed by atoms with Crippen molar-refractivity contribution in [2.75, 3.05) is 30.8 Å². The molecule has 2 aromatic heterocycles. The van der Waals surface area contributed by atoms with Gasteiger partial charge in [0.25, 0.3) is 0 Å². The van der Waals surface area contributed by atoms with E-state index in [1.54, 1.807) is 6.20 Å². The first-order valence-corrected chi connectivity index (χ1v) is 5.95. The van der Waals surface area contributed by atoms with Gasteiger partial charge in [0.05, 0.1) is 18.2 Å². The SMILES string of the molecule is CC(C)COCCNc1nc(N)nc2[nH]ncc12. The second kappa shape index (κ2) is 5.63. The third-order valence-corrected chi connectivity index (χ3v) is 2.32. The molecule has 0 aromatic carbocycles. The van der Waals surface area contributed by atoms with Gasteiger partial charge in [0.2, 0.25) is 5.95 Å². The molecule has 0 amide bonds. The van der Waals surface area contributed by atoms with E-state index in [1.165, 1.54) is 0 Å². The number of rotatable bonds is 6. The number of H-pyrrole nitrogens is 1. The number of nitrogen functional groups attached to an aromatic ring is 1. The number of nitrogens with one attached hydrogen (secondary N) is 2. The molecule has 0 radical (unpaired) electrons. The molecule has 0 unspecified atom stereocenters. The fourth-order valence-corrected chi connectivity index (χ4v) is 1.55. The van der Waals surface area contributed by atoms with Crippen molar-refractivity contribution >= 4 is 22.8 Å². The van der Waals surface area contributed by atoms with Crippen LogP contribution in [0, 0.1) is 5.92 Å². The number of ether oxygens (including phenoxy) is 1. The van der Waals surface area contributed by atoms with Crippen molar-refractivity contribution in [1.29, 1.82) is 0 Å². The predicted octanol–water partition coefficient (Wildman–Crippen LogP) is 1.02. The molecule has 0 bridgehead atoms. The largest absolute Gasteiger partial charge is 0.379 e.